The molecule has 0 fully saturated rings. The van der Waals surface area contributed by atoms with Crippen molar-refractivity contribution in [2.24, 2.45) is 0 Å². The van der Waals surface area contributed by atoms with Gasteiger partial charge in [-0.1, -0.05) is 66.7 Å². The van der Waals surface area contributed by atoms with Crippen LogP contribution >= 0.6 is 0 Å². The first kappa shape index (κ1) is 15.7. The third kappa shape index (κ3) is 1.84. The standard InChI is InChI=1S/C28H20O/c1-15-12-19-14-17-7-3-5-9-22(17)27-24(19)25-20(15)11-10-18-13-16-6-2-4-8-21(16)26(23(18)25)28(27)29/h2-12,26-27H,13-14H2,1H3. The van der Waals surface area contributed by atoms with Gasteiger partial charge in [-0.15, -0.1) is 0 Å². The highest BCUT2D eigenvalue weighted by atomic mass is 16.1. The lowest BCUT2D eigenvalue weighted by Gasteiger charge is -2.40. The summed E-state index contributed by atoms with van der Waals surface area (Å²) in [6, 6.07) is 24.0. The fourth-order valence-electron chi connectivity index (χ4n) is 6.25. The van der Waals surface area contributed by atoms with E-state index in [2.05, 4.69) is 73.7 Å². The number of rotatable bonds is 0. The lowest BCUT2D eigenvalue weighted by atomic mass is 9.61. The van der Waals surface area contributed by atoms with Crippen molar-refractivity contribution in [2.75, 3.05) is 0 Å². The van der Waals surface area contributed by atoms with Crippen molar-refractivity contribution in [3.05, 3.63) is 117 Å². The average molecular weight is 372 g/mol. The Morgan fingerprint density at radius 1 is 0.690 bits per heavy atom. The maximum Gasteiger partial charge on any atom is 0.156 e. The predicted molar refractivity (Wildman–Crippen MR) is 116 cm³/mol. The molecule has 0 amide bonds. The minimum Gasteiger partial charge on any atom is -0.298 e. The summed E-state index contributed by atoms with van der Waals surface area (Å²) in [5.74, 6) is 0.0737. The summed E-state index contributed by atoms with van der Waals surface area (Å²) < 4.78 is 0. The molecule has 138 valence electrons. The van der Waals surface area contributed by atoms with Crippen molar-refractivity contribution in [2.45, 2.75) is 31.6 Å². The van der Waals surface area contributed by atoms with Gasteiger partial charge in [0.05, 0.1) is 11.8 Å². The first-order valence-corrected chi connectivity index (χ1v) is 10.5. The molecule has 1 nitrogen and oxygen atoms in total. The molecule has 0 aliphatic heterocycles. The Balaban J connectivity index is 1.68. The van der Waals surface area contributed by atoms with Crippen LogP contribution in [0, 0.1) is 6.92 Å². The van der Waals surface area contributed by atoms with Gasteiger partial charge in [-0.3, -0.25) is 4.79 Å². The molecular formula is C28H20O. The largest absolute Gasteiger partial charge is 0.298 e. The van der Waals surface area contributed by atoms with E-state index in [0.717, 1.165) is 12.8 Å². The highest BCUT2D eigenvalue weighted by Gasteiger charge is 2.45. The SMILES string of the molecule is Cc1cc2c3c4c5c(ccc14)Cc1ccccc1C5C(=O)C3c1ccccc1C2. The maximum absolute atomic E-state index is 14.2. The van der Waals surface area contributed by atoms with Crippen molar-refractivity contribution in [1.82, 2.24) is 0 Å². The van der Waals surface area contributed by atoms with Crippen molar-refractivity contribution in [3.63, 3.8) is 0 Å². The summed E-state index contributed by atoms with van der Waals surface area (Å²) >= 11 is 0. The lowest BCUT2D eigenvalue weighted by molar-refractivity contribution is -0.120. The van der Waals surface area contributed by atoms with Crippen LogP contribution in [-0.4, -0.2) is 5.78 Å². The second kappa shape index (κ2) is 5.24. The number of hydrogen-bond donors (Lipinski definition) is 0. The number of carbonyl (C=O) groups is 1. The number of aryl methyl sites for hydroxylation is 1. The van der Waals surface area contributed by atoms with Gasteiger partial charge in [-0.2, -0.15) is 0 Å². The second-order valence-corrected chi connectivity index (χ2v) is 8.85. The number of ketones is 1. The molecule has 0 N–H and O–H groups in total. The van der Waals surface area contributed by atoms with Gasteiger partial charge in [0, 0.05) is 0 Å². The zero-order valence-corrected chi connectivity index (χ0v) is 16.3. The number of hydrogen-bond acceptors (Lipinski definition) is 1. The average Bonchev–Trinajstić information content (AvgIpc) is 2.75. The van der Waals surface area contributed by atoms with Gasteiger partial charge < -0.3 is 0 Å². The Morgan fingerprint density at radius 2 is 1.28 bits per heavy atom. The maximum atomic E-state index is 14.2. The number of carbonyl (C=O) groups excluding carboxylic acids is 1. The summed E-state index contributed by atoms with van der Waals surface area (Å²) in [5, 5.41) is 2.69. The Hall–Kier alpha value is -3.19. The normalized spacial score (nSPS) is 20.4. The quantitative estimate of drug-likeness (QED) is 0.381. The molecule has 0 heterocycles. The van der Waals surface area contributed by atoms with Gasteiger partial charge in [0.2, 0.25) is 0 Å². The van der Waals surface area contributed by atoms with E-state index in [9.17, 15) is 4.79 Å². The molecule has 7 rings (SSSR count). The summed E-state index contributed by atoms with van der Waals surface area (Å²) in [5.41, 5.74) is 11.6. The minimum atomic E-state index is -0.142. The van der Waals surface area contributed by atoms with Gasteiger partial charge in [0.25, 0.3) is 0 Å². The van der Waals surface area contributed by atoms with Crippen molar-refractivity contribution < 1.29 is 4.79 Å². The predicted octanol–water partition coefficient (Wildman–Crippen LogP) is 5.80. The fraction of sp³-hybridized carbons (Fsp3) is 0.179. The van der Waals surface area contributed by atoms with Crippen LogP contribution < -0.4 is 0 Å². The number of fused-ring (bicyclic) bond motifs is 4. The van der Waals surface area contributed by atoms with E-state index in [1.54, 1.807) is 0 Å². The zero-order valence-electron chi connectivity index (χ0n) is 16.3. The van der Waals surface area contributed by atoms with Crippen molar-refractivity contribution in [3.8, 4) is 0 Å². The molecule has 1 heteroatoms. The van der Waals surface area contributed by atoms with Gasteiger partial charge in [-0.05, 0) is 80.6 Å². The van der Waals surface area contributed by atoms with Crippen LogP contribution in [0.15, 0.2) is 66.7 Å². The second-order valence-electron chi connectivity index (χ2n) is 8.85. The molecule has 0 radical (unpaired) electrons. The molecule has 4 aromatic rings. The fourth-order valence-corrected chi connectivity index (χ4v) is 6.25. The Bertz CT molecular complexity index is 1360. The first-order valence-electron chi connectivity index (χ1n) is 10.5. The van der Waals surface area contributed by atoms with Crippen LogP contribution in [0.3, 0.4) is 0 Å². The molecule has 0 aromatic heterocycles. The summed E-state index contributed by atoms with van der Waals surface area (Å²) in [7, 11) is 0. The van der Waals surface area contributed by atoms with Crippen LogP contribution in [0.4, 0.5) is 0 Å². The first-order chi connectivity index (χ1) is 14.2. The van der Waals surface area contributed by atoms with Gasteiger partial charge in [-0.25, -0.2) is 0 Å². The van der Waals surface area contributed by atoms with E-state index in [-0.39, 0.29) is 11.8 Å². The van der Waals surface area contributed by atoms with E-state index in [4.69, 9.17) is 0 Å². The van der Waals surface area contributed by atoms with Gasteiger partial charge in [0.15, 0.2) is 5.78 Å². The molecule has 2 atom stereocenters. The van der Waals surface area contributed by atoms with E-state index in [1.807, 2.05) is 0 Å². The molecule has 0 bridgehead atoms. The highest BCUT2D eigenvalue weighted by molar-refractivity contribution is 6.11. The van der Waals surface area contributed by atoms with Crippen LogP contribution in [0.25, 0.3) is 10.8 Å². The monoisotopic (exact) mass is 372 g/mol. The van der Waals surface area contributed by atoms with Crippen molar-refractivity contribution >= 4 is 16.6 Å². The molecule has 0 saturated carbocycles. The molecule has 0 spiro atoms. The van der Waals surface area contributed by atoms with E-state index >= 15 is 0 Å². The van der Waals surface area contributed by atoms with Gasteiger partial charge in [0.1, 0.15) is 0 Å². The number of Topliss-reactive ketones (excluding diaryl/α,β-unsaturated/α-hetero) is 1. The molecule has 3 aliphatic carbocycles. The third-order valence-electron chi connectivity index (χ3n) is 7.41. The lowest BCUT2D eigenvalue weighted by Crippen LogP contribution is -2.33. The van der Waals surface area contributed by atoms with E-state index in [1.165, 1.54) is 60.8 Å². The smallest absolute Gasteiger partial charge is 0.156 e. The summed E-state index contributed by atoms with van der Waals surface area (Å²) in [4.78, 5) is 14.2. The van der Waals surface area contributed by atoms with E-state index in [0.29, 0.717) is 5.78 Å². The Labute approximate surface area is 170 Å². The third-order valence-corrected chi connectivity index (χ3v) is 7.41. The van der Waals surface area contributed by atoms with Crippen LogP contribution in [0.2, 0.25) is 0 Å². The molecule has 29 heavy (non-hydrogen) atoms. The molecular weight excluding hydrogens is 352 g/mol. The molecule has 0 saturated heterocycles. The van der Waals surface area contributed by atoms with E-state index < -0.39 is 0 Å². The minimum absolute atomic E-state index is 0.142. The molecule has 2 unspecified atom stereocenters. The molecule has 4 aromatic carbocycles. The zero-order chi connectivity index (χ0) is 19.3. The molecule has 3 aliphatic rings. The highest BCUT2D eigenvalue weighted by Crippen LogP contribution is 2.54. The summed E-state index contributed by atoms with van der Waals surface area (Å²) in [6.45, 7) is 2.22. The van der Waals surface area contributed by atoms with Crippen LogP contribution in [0.1, 0.15) is 61.9 Å². The number of benzene rings is 4. The van der Waals surface area contributed by atoms with Crippen LogP contribution in [0.5, 0.6) is 0 Å². The van der Waals surface area contributed by atoms with Crippen LogP contribution in [-0.2, 0) is 17.6 Å². The summed E-state index contributed by atoms with van der Waals surface area (Å²) in [6.07, 6.45) is 1.85. The van der Waals surface area contributed by atoms with Gasteiger partial charge >= 0.3 is 0 Å². The van der Waals surface area contributed by atoms with Crippen molar-refractivity contribution in [1.29, 1.82) is 0 Å². The topological polar surface area (TPSA) is 17.1 Å². The Kier molecular flexibility index (Phi) is 2.84. The Morgan fingerprint density at radius 3 is 1.97 bits per heavy atom.